The van der Waals surface area contributed by atoms with E-state index in [-0.39, 0.29) is 35.7 Å². The number of benzene rings is 4. The number of nitrogens with two attached hydrogens (primary N) is 1. The molecule has 11 heteroatoms. The van der Waals surface area contributed by atoms with Gasteiger partial charge in [0, 0.05) is 37.3 Å². The molecule has 2 heterocycles. The first-order valence-electron chi connectivity index (χ1n) is 19.5. The predicted octanol–water partition coefficient (Wildman–Crippen LogP) is 6.02. The Hall–Kier alpha value is -4.84. The molecule has 0 bridgehead atoms. The zero-order valence-corrected chi connectivity index (χ0v) is 32.3. The van der Waals surface area contributed by atoms with E-state index < -0.39 is 10.0 Å². The zero-order chi connectivity index (χ0) is 38.6. The highest BCUT2D eigenvalue weighted by molar-refractivity contribution is 7.89. The maximum atomic E-state index is 13.7. The summed E-state index contributed by atoms with van der Waals surface area (Å²) in [7, 11) is -3.82. The summed E-state index contributed by atoms with van der Waals surface area (Å²) in [4.78, 5) is 43.7. The Morgan fingerprint density at radius 1 is 0.745 bits per heavy atom. The van der Waals surface area contributed by atoms with Crippen molar-refractivity contribution in [2.75, 3.05) is 39.3 Å². The Kier molecular flexibility index (Phi) is 13.9. The lowest BCUT2D eigenvalue weighted by Gasteiger charge is -2.32. The average molecular weight is 764 g/mol. The normalized spacial score (nSPS) is 15.4. The number of piperidine rings is 2. The molecule has 2 aliphatic heterocycles. The van der Waals surface area contributed by atoms with Crippen LogP contribution in [0.15, 0.2) is 108 Å². The van der Waals surface area contributed by atoms with E-state index >= 15 is 0 Å². The molecular weight excluding hydrogens is 711 g/mol. The second-order valence-corrected chi connectivity index (χ2v) is 16.5. The van der Waals surface area contributed by atoms with Crippen molar-refractivity contribution in [2.45, 2.75) is 62.8 Å². The highest BCUT2D eigenvalue weighted by Crippen LogP contribution is 2.28. The van der Waals surface area contributed by atoms with Crippen molar-refractivity contribution in [3.8, 4) is 11.1 Å². The van der Waals surface area contributed by atoms with Crippen molar-refractivity contribution in [2.24, 2.45) is 17.0 Å². The Morgan fingerprint density at radius 2 is 1.38 bits per heavy atom. The Labute approximate surface area is 325 Å². The molecule has 6 rings (SSSR count). The third kappa shape index (κ3) is 11.6. The molecule has 0 spiro atoms. The Bertz CT molecular complexity index is 2010. The number of amides is 3. The first-order valence-corrected chi connectivity index (χ1v) is 21.1. The molecule has 0 saturated carbocycles. The van der Waals surface area contributed by atoms with E-state index in [1.54, 1.807) is 41.3 Å². The molecule has 0 atom stereocenters. The van der Waals surface area contributed by atoms with Crippen LogP contribution < -0.4 is 15.8 Å². The maximum Gasteiger partial charge on any atom is 0.253 e. The lowest BCUT2D eigenvalue weighted by Crippen LogP contribution is -2.40. The number of hydrogen-bond acceptors (Lipinski definition) is 6. The second-order valence-electron chi connectivity index (χ2n) is 14.9. The molecule has 0 aliphatic carbocycles. The summed E-state index contributed by atoms with van der Waals surface area (Å²) < 4.78 is 23.5. The van der Waals surface area contributed by atoms with E-state index in [0.717, 1.165) is 67.2 Å². The number of sulfonamides is 1. The number of carbonyl (C=O) groups is 3. The molecule has 290 valence electrons. The van der Waals surface area contributed by atoms with Crippen LogP contribution in [0, 0.1) is 11.8 Å². The van der Waals surface area contributed by atoms with Gasteiger partial charge in [0.05, 0.1) is 11.4 Å². The van der Waals surface area contributed by atoms with Crippen molar-refractivity contribution >= 4 is 27.7 Å². The van der Waals surface area contributed by atoms with Gasteiger partial charge in [-0.15, -0.1) is 0 Å². The molecule has 10 nitrogen and oxygen atoms in total. The van der Waals surface area contributed by atoms with Crippen LogP contribution in [-0.2, 0) is 27.8 Å². The van der Waals surface area contributed by atoms with Crippen molar-refractivity contribution < 1.29 is 22.8 Å². The van der Waals surface area contributed by atoms with Gasteiger partial charge in [0.1, 0.15) is 0 Å². The molecule has 4 aromatic rings. The van der Waals surface area contributed by atoms with Crippen molar-refractivity contribution in [3.05, 3.63) is 125 Å². The smallest absolute Gasteiger partial charge is 0.253 e. The van der Waals surface area contributed by atoms with E-state index in [1.807, 2.05) is 59.5 Å². The summed E-state index contributed by atoms with van der Waals surface area (Å²) in [5.74, 6) is 1.04. The van der Waals surface area contributed by atoms with E-state index in [2.05, 4.69) is 10.6 Å². The molecule has 3 amide bonds. The number of carbonyl (C=O) groups excluding carboxylic acids is 3. The maximum absolute atomic E-state index is 13.7. The largest absolute Gasteiger partial charge is 0.343 e. The summed E-state index contributed by atoms with van der Waals surface area (Å²) in [6, 6.07) is 30.7. The lowest BCUT2D eigenvalue weighted by molar-refractivity contribution is -0.130. The molecule has 0 unspecified atom stereocenters. The summed E-state index contributed by atoms with van der Waals surface area (Å²) in [6.07, 6.45) is 9.07. The van der Waals surface area contributed by atoms with Gasteiger partial charge in [-0.25, -0.2) is 13.6 Å². The van der Waals surface area contributed by atoms with E-state index in [4.69, 9.17) is 5.14 Å². The van der Waals surface area contributed by atoms with Crippen molar-refractivity contribution in [3.63, 3.8) is 0 Å². The lowest BCUT2D eigenvalue weighted by atomic mass is 9.87. The Balaban J connectivity index is 1.09. The summed E-state index contributed by atoms with van der Waals surface area (Å²) in [5.41, 5.74) is 4.72. The van der Waals surface area contributed by atoms with Crippen LogP contribution in [0.2, 0.25) is 0 Å². The topological polar surface area (TPSA) is 142 Å². The van der Waals surface area contributed by atoms with Crippen LogP contribution >= 0.6 is 0 Å². The fourth-order valence-electron chi connectivity index (χ4n) is 7.74. The van der Waals surface area contributed by atoms with Crippen LogP contribution in [0.3, 0.4) is 0 Å². The van der Waals surface area contributed by atoms with Gasteiger partial charge in [-0.3, -0.25) is 14.4 Å². The molecule has 2 fully saturated rings. The zero-order valence-electron chi connectivity index (χ0n) is 31.5. The first-order chi connectivity index (χ1) is 26.6. The number of likely N-dealkylation sites (tertiary alicyclic amines) is 1. The molecular formula is C44H53N5O5S. The van der Waals surface area contributed by atoms with Gasteiger partial charge in [-0.1, -0.05) is 79.9 Å². The summed E-state index contributed by atoms with van der Waals surface area (Å²) >= 11 is 0. The summed E-state index contributed by atoms with van der Waals surface area (Å²) in [5, 5.41) is 11.5. The van der Waals surface area contributed by atoms with Gasteiger partial charge in [0.15, 0.2) is 0 Å². The van der Waals surface area contributed by atoms with Crippen LogP contribution in [-0.4, -0.2) is 75.2 Å². The Morgan fingerprint density at radius 3 is 2.07 bits per heavy atom. The van der Waals surface area contributed by atoms with Crippen LogP contribution in [0.25, 0.3) is 11.1 Å². The van der Waals surface area contributed by atoms with Gasteiger partial charge in [-0.05, 0) is 122 Å². The standard InChI is InChI=1S/C44H53N5O5S/c45-55(53,54)41-17-15-35(16-18-41)23-28-49(42(50)31-47-43(51)37-10-2-1-3-11-37)32-36-9-5-12-38(29-36)39-13-6-14-40(30-39)44(52)48-26-21-34(22-27-48)8-4-7-33-19-24-46-25-20-33/h1-3,5-6,9-18,29-30,33-34,46H,4,7-8,19-28,31-32H2,(H,47,51)(H2,45,53,54). The third-order valence-electron chi connectivity index (χ3n) is 11.0. The van der Waals surface area contributed by atoms with E-state index in [1.165, 1.54) is 44.2 Å². The predicted molar refractivity (Wildman–Crippen MR) is 216 cm³/mol. The highest BCUT2D eigenvalue weighted by atomic mass is 32.2. The van der Waals surface area contributed by atoms with Crippen LogP contribution in [0.1, 0.15) is 76.8 Å². The number of primary sulfonamides is 1. The molecule has 0 aromatic heterocycles. The average Bonchev–Trinajstić information content (AvgIpc) is 3.22. The quantitative estimate of drug-likeness (QED) is 0.135. The number of hydrogen-bond donors (Lipinski definition) is 3. The van der Waals surface area contributed by atoms with E-state index in [0.29, 0.717) is 30.0 Å². The first kappa shape index (κ1) is 39.8. The minimum Gasteiger partial charge on any atom is -0.343 e. The summed E-state index contributed by atoms with van der Waals surface area (Å²) in [6.45, 7) is 4.33. The number of nitrogens with one attached hydrogen (secondary N) is 2. The fourth-order valence-corrected chi connectivity index (χ4v) is 8.25. The number of rotatable bonds is 15. The minimum atomic E-state index is -3.82. The van der Waals surface area contributed by atoms with Crippen molar-refractivity contribution in [1.29, 1.82) is 0 Å². The molecule has 4 aromatic carbocycles. The highest BCUT2D eigenvalue weighted by Gasteiger charge is 2.24. The minimum absolute atomic E-state index is 0.0219. The number of nitrogens with zero attached hydrogens (tertiary/aromatic N) is 2. The molecule has 2 aliphatic rings. The SMILES string of the molecule is NS(=O)(=O)c1ccc(CCN(Cc2cccc(-c3cccc(C(=O)N4CCC(CCCC5CCNCC5)CC4)c3)c2)C(=O)CNC(=O)c2ccccc2)cc1. The van der Waals surface area contributed by atoms with Gasteiger partial charge in [-0.2, -0.15) is 0 Å². The van der Waals surface area contributed by atoms with Gasteiger partial charge in [0.25, 0.3) is 11.8 Å². The molecule has 4 N–H and O–H groups in total. The second kappa shape index (κ2) is 19.2. The molecule has 2 saturated heterocycles. The van der Waals surface area contributed by atoms with Crippen molar-refractivity contribution in [1.82, 2.24) is 20.4 Å². The fraction of sp³-hybridized carbons (Fsp3) is 0.386. The monoisotopic (exact) mass is 763 g/mol. The van der Waals surface area contributed by atoms with Crippen LogP contribution in [0.4, 0.5) is 0 Å². The van der Waals surface area contributed by atoms with Gasteiger partial charge in [0.2, 0.25) is 15.9 Å². The van der Waals surface area contributed by atoms with Gasteiger partial charge >= 0.3 is 0 Å². The van der Waals surface area contributed by atoms with Gasteiger partial charge < -0.3 is 20.4 Å². The molecule has 0 radical (unpaired) electrons. The van der Waals surface area contributed by atoms with Crippen LogP contribution in [0.5, 0.6) is 0 Å². The third-order valence-corrected chi connectivity index (χ3v) is 12.0. The van der Waals surface area contributed by atoms with E-state index in [9.17, 15) is 22.8 Å². The molecule has 55 heavy (non-hydrogen) atoms.